The van der Waals surface area contributed by atoms with Crippen molar-refractivity contribution in [3.8, 4) is 0 Å². The molecule has 5 heteroatoms. The second kappa shape index (κ2) is 7.21. The molecule has 3 rings (SSSR count). The van der Waals surface area contributed by atoms with E-state index in [-0.39, 0.29) is 11.3 Å². The van der Waals surface area contributed by atoms with E-state index >= 15 is 0 Å². The minimum atomic E-state index is -0.00627. The van der Waals surface area contributed by atoms with Gasteiger partial charge >= 0.3 is 0 Å². The van der Waals surface area contributed by atoms with Crippen molar-refractivity contribution < 1.29 is 4.79 Å². The van der Waals surface area contributed by atoms with Crippen molar-refractivity contribution in [2.45, 2.75) is 45.4 Å². The van der Waals surface area contributed by atoms with Crippen LogP contribution < -0.4 is 5.32 Å². The molecule has 0 bridgehead atoms. The maximum Gasteiger partial charge on any atom is 0.272 e. The predicted molar refractivity (Wildman–Crippen MR) is 100 cm³/mol. The predicted octanol–water partition coefficient (Wildman–Crippen LogP) is 4.14. The number of nitrogens with zero attached hydrogens (tertiary/aromatic N) is 3. The lowest BCUT2D eigenvalue weighted by Gasteiger charge is -2.26. The van der Waals surface area contributed by atoms with Crippen LogP contribution in [0.3, 0.4) is 0 Å². The van der Waals surface area contributed by atoms with Crippen LogP contribution in [0, 0.1) is 0 Å². The van der Waals surface area contributed by atoms with E-state index in [1.807, 2.05) is 17.0 Å². The fraction of sp³-hybridized carbons (Fsp3) is 0.450. The molecule has 1 N–H and O–H groups in total. The average Bonchev–Trinajstić information content (AvgIpc) is 2.62. The van der Waals surface area contributed by atoms with Crippen molar-refractivity contribution >= 4 is 17.5 Å². The average molecular weight is 338 g/mol. The zero-order valence-electron chi connectivity index (χ0n) is 15.2. The zero-order chi connectivity index (χ0) is 17.9. The molecule has 0 spiro atoms. The molecule has 0 aliphatic carbocycles. The highest BCUT2D eigenvalue weighted by Gasteiger charge is 2.19. The second-order valence-electron chi connectivity index (χ2n) is 7.57. The molecule has 2 aromatic rings. The molecule has 1 aliphatic heterocycles. The first-order valence-corrected chi connectivity index (χ1v) is 8.93. The maximum absolute atomic E-state index is 12.6. The van der Waals surface area contributed by atoms with Gasteiger partial charge < -0.3 is 10.2 Å². The van der Waals surface area contributed by atoms with Gasteiger partial charge in [0, 0.05) is 25.0 Å². The normalized spacial score (nSPS) is 15.1. The SMILES string of the molecule is CC(C)(C)c1ccc(Nc2nccc(C(=O)N3CCCCC3)n2)cc1. The van der Waals surface area contributed by atoms with E-state index < -0.39 is 0 Å². The molecule has 1 fully saturated rings. The fourth-order valence-electron chi connectivity index (χ4n) is 2.98. The molecule has 1 aliphatic rings. The van der Waals surface area contributed by atoms with Crippen LogP contribution in [0.2, 0.25) is 0 Å². The van der Waals surface area contributed by atoms with Gasteiger partial charge in [-0.3, -0.25) is 4.79 Å². The molecule has 0 radical (unpaired) electrons. The van der Waals surface area contributed by atoms with Crippen molar-refractivity contribution in [3.05, 3.63) is 47.8 Å². The highest BCUT2D eigenvalue weighted by atomic mass is 16.2. The van der Waals surface area contributed by atoms with E-state index in [0.29, 0.717) is 11.6 Å². The summed E-state index contributed by atoms with van der Waals surface area (Å²) in [5.41, 5.74) is 2.75. The highest BCUT2D eigenvalue weighted by Crippen LogP contribution is 2.24. The van der Waals surface area contributed by atoms with Crippen LogP contribution in [0.25, 0.3) is 0 Å². The molecule has 1 aromatic heterocycles. The Balaban J connectivity index is 1.72. The Bertz CT molecular complexity index is 728. The number of aromatic nitrogens is 2. The van der Waals surface area contributed by atoms with Crippen LogP contribution in [-0.4, -0.2) is 33.9 Å². The molecular weight excluding hydrogens is 312 g/mol. The van der Waals surface area contributed by atoms with Gasteiger partial charge in [-0.05, 0) is 48.4 Å². The van der Waals surface area contributed by atoms with Gasteiger partial charge in [0.15, 0.2) is 0 Å². The summed E-state index contributed by atoms with van der Waals surface area (Å²) in [5, 5.41) is 3.19. The third kappa shape index (κ3) is 4.35. The number of carbonyl (C=O) groups excluding carboxylic acids is 1. The van der Waals surface area contributed by atoms with E-state index in [9.17, 15) is 4.79 Å². The van der Waals surface area contributed by atoms with Crippen LogP contribution in [0.4, 0.5) is 11.6 Å². The van der Waals surface area contributed by atoms with Crippen LogP contribution in [-0.2, 0) is 5.41 Å². The smallest absolute Gasteiger partial charge is 0.272 e. The van der Waals surface area contributed by atoms with Gasteiger partial charge in [0.2, 0.25) is 5.95 Å². The summed E-state index contributed by atoms with van der Waals surface area (Å²) in [4.78, 5) is 23.1. The minimum absolute atomic E-state index is 0.00627. The van der Waals surface area contributed by atoms with Crippen LogP contribution >= 0.6 is 0 Å². The zero-order valence-corrected chi connectivity index (χ0v) is 15.2. The largest absolute Gasteiger partial charge is 0.337 e. The third-order valence-corrected chi connectivity index (χ3v) is 4.53. The van der Waals surface area contributed by atoms with E-state index in [2.05, 4.69) is 48.2 Å². The van der Waals surface area contributed by atoms with E-state index in [4.69, 9.17) is 0 Å². The number of rotatable bonds is 3. The van der Waals surface area contributed by atoms with Gasteiger partial charge in [0.1, 0.15) is 5.69 Å². The van der Waals surface area contributed by atoms with Crippen molar-refractivity contribution in [1.82, 2.24) is 14.9 Å². The number of hydrogen-bond acceptors (Lipinski definition) is 4. The summed E-state index contributed by atoms with van der Waals surface area (Å²) in [6, 6.07) is 9.92. The molecular formula is C20H26N4O. The molecule has 1 saturated heterocycles. The Hall–Kier alpha value is -2.43. The summed E-state index contributed by atoms with van der Waals surface area (Å²) in [7, 11) is 0. The molecule has 132 valence electrons. The monoisotopic (exact) mass is 338 g/mol. The van der Waals surface area contributed by atoms with Crippen LogP contribution in [0.15, 0.2) is 36.5 Å². The van der Waals surface area contributed by atoms with Crippen molar-refractivity contribution in [2.75, 3.05) is 18.4 Å². The first-order valence-electron chi connectivity index (χ1n) is 8.93. The first kappa shape index (κ1) is 17.4. The number of amides is 1. The minimum Gasteiger partial charge on any atom is -0.337 e. The topological polar surface area (TPSA) is 58.1 Å². The molecule has 0 atom stereocenters. The molecule has 0 unspecified atom stereocenters. The number of piperidine rings is 1. The Morgan fingerprint density at radius 3 is 2.36 bits per heavy atom. The molecule has 1 amide bonds. The number of nitrogens with one attached hydrogen (secondary N) is 1. The Morgan fingerprint density at radius 2 is 1.72 bits per heavy atom. The van der Waals surface area contributed by atoms with E-state index in [0.717, 1.165) is 31.6 Å². The number of likely N-dealkylation sites (tertiary alicyclic amines) is 1. The molecule has 25 heavy (non-hydrogen) atoms. The third-order valence-electron chi connectivity index (χ3n) is 4.53. The quantitative estimate of drug-likeness (QED) is 0.913. The van der Waals surface area contributed by atoms with Crippen molar-refractivity contribution in [2.24, 2.45) is 0 Å². The summed E-state index contributed by atoms with van der Waals surface area (Å²) < 4.78 is 0. The number of hydrogen-bond donors (Lipinski definition) is 1. The summed E-state index contributed by atoms with van der Waals surface area (Å²) in [6.45, 7) is 8.20. The lowest BCUT2D eigenvalue weighted by atomic mass is 9.87. The van der Waals surface area contributed by atoms with Gasteiger partial charge in [-0.25, -0.2) is 9.97 Å². The summed E-state index contributed by atoms with van der Waals surface area (Å²) in [5.74, 6) is 0.444. The van der Waals surface area contributed by atoms with Gasteiger partial charge in [0.25, 0.3) is 5.91 Å². The van der Waals surface area contributed by atoms with Gasteiger partial charge in [0.05, 0.1) is 0 Å². The lowest BCUT2D eigenvalue weighted by molar-refractivity contribution is 0.0718. The second-order valence-corrected chi connectivity index (χ2v) is 7.57. The van der Waals surface area contributed by atoms with Crippen molar-refractivity contribution in [3.63, 3.8) is 0 Å². The number of anilines is 2. The van der Waals surface area contributed by atoms with Crippen LogP contribution in [0.5, 0.6) is 0 Å². The molecule has 0 saturated carbocycles. The van der Waals surface area contributed by atoms with Gasteiger partial charge in [-0.15, -0.1) is 0 Å². The standard InChI is InChI=1S/C20H26N4O/c1-20(2,3)15-7-9-16(10-8-15)22-19-21-12-11-17(23-19)18(25)24-13-5-4-6-14-24/h7-12H,4-6,13-14H2,1-3H3,(H,21,22,23). The lowest BCUT2D eigenvalue weighted by Crippen LogP contribution is -2.36. The van der Waals surface area contributed by atoms with Gasteiger partial charge in [-0.1, -0.05) is 32.9 Å². The molecule has 2 heterocycles. The highest BCUT2D eigenvalue weighted by molar-refractivity contribution is 5.92. The Kier molecular flexibility index (Phi) is 5.02. The number of benzene rings is 1. The molecule has 5 nitrogen and oxygen atoms in total. The van der Waals surface area contributed by atoms with E-state index in [1.54, 1.807) is 12.3 Å². The summed E-state index contributed by atoms with van der Waals surface area (Å²) >= 11 is 0. The number of carbonyl (C=O) groups is 1. The molecule has 1 aromatic carbocycles. The van der Waals surface area contributed by atoms with Crippen LogP contribution in [0.1, 0.15) is 56.1 Å². The Morgan fingerprint density at radius 1 is 1.04 bits per heavy atom. The summed E-state index contributed by atoms with van der Waals surface area (Å²) in [6.07, 6.45) is 4.98. The first-order chi connectivity index (χ1) is 11.9. The van der Waals surface area contributed by atoms with Gasteiger partial charge in [-0.2, -0.15) is 0 Å². The fourth-order valence-corrected chi connectivity index (χ4v) is 2.98. The van der Waals surface area contributed by atoms with E-state index in [1.165, 1.54) is 12.0 Å². The maximum atomic E-state index is 12.6. The van der Waals surface area contributed by atoms with Crippen molar-refractivity contribution in [1.29, 1.82) is 0 Å². The Labute approximate surface area is 149 Å².